The van der Waals surface area contributed by atoms with Gasteiger partial charge in [-0.25, -0.2) is 4.79 Å². The molecule has 7 heteroatoms. The number of rotatable bonds is 5. The second-order valence-electron chi connectivity index (χ2n) is 6.31. The molecule has 0 aliphatic carbocycles. The largest absolute Gasteiger partial charge is 0.506 e. The van der Waals surface area contributed by atoms with Gasteiger partial charge in [0.25, 0.3) is 0 Å². The molecule has 0 radical (unpaired) electrons. The number of anilines is 1. The summed E-state index contributed by atoms with van der Waals surface area (Å²) in [5.41, 5.74) is 1.75. The van der Waals surface area contributed by atoms with Gasteiger partial charge in [-0.2, -0.15) is 0 Å². The molecule has 2 aromatic rings. The van der Waals surface area contributed by atoms with E-state index in [1.165, 1.54) is 0 Å². The molecule has 2 aromatic carbocycles. The van der Waals surface area contributed by atoms with Crippen LogP contribution in [-0.2, 0) is 6.54 Å². The van der Waals surface area contributed by atoms with E-state index in [-0.39, 0.29) is 11.8 Å². The van der Waals surface area contributed by atoms with Gasteiger partial charge in [-0.05, 0) is 29.8 Å². The van der Waals surface area contributed by atoms with Crippen LogP contribution in [0.3, 0.4) is 0 Å². The Bertz CT molecular complexity index is 789. The number of carbonyl (C=O) groups excluding carboxylic acids is 1. The van der Waals surface area contributed by atoms with Crippen molar-refractivity contribution in [1.82, 2.24) is 10.2 Å². The molecule has 0 atom stereocenters. The third kappa shape index (κ3) is 4.36. The lowest BCUT2D eigenvalue weighted by Gasteiger charge is -2.36. The minimum Gasteiger partial charge on any atom is -0.506 e. The molecule has 0 unspecified atom stereocenters. The molecule has 3 rings (SSSR count). The Morgan fingerprint density at radius 3 is 2.41 bits per heavy atom. The van der Waals surface area contributed by atoms with Gasteiger partial charge in [0.05, 0.1) is 19.9 Å². The van der Waals surface area contributed by atoms with E-state index in [4.69, 9.17) is 9.47 Å². The summed E-state index contributed by atoms with van der Waals surface area (Å²) in [5.74, 6) is 1.57. The van der Waals surface area contributed by atoms with Crippen molar-refractivity contribution in [3.05, 3.63) is 48.0 Å². The summed E-state index contributed by atoms with van der Waals surface area (Å²) in [4.78, 5) is 16.3. The number of ether oxygens (including phenoxy) is 2. The van der Waals surface area contributed by atoms with Crippen LogP contribution in [0.2, 0.25) is 0 Å². The first-order chi connectivity index (χ1) is 13.1. The first-order valence-corrected chi connectivity index (χ1v) is 8.89. The highest BCUT2D eigenvalue weighted by atomic mass is 16.5. The number of para-hydroxylation sites is 2. The van der Waals surface area contributed by atoms with Crippen molar-refractivity contribution in [3.63, 3.8) is 0 Å². The number of nitrogens with one attached hydrogen (secondary N) is 1. The molecule has 1 aliphatic rings. The van der Waals surface area contributed by atoms with Gasteiger partial charge in [0, 0.05) is 32.7 Å². The Labute approximate surface area is 159 Å². The Hall–Kier alpha value is -3.09. The number of nitrogens with zero attached hydrogens (tertiary/aromatic N) is 2. The second-order valence-corrected chi connectivity index (χ2v) is 6.31. The predicted molar refractivity (Wildman–Crippen MR) is 104 cm³/mol. The number of amides is 2. The topological polar surface area (TPSA) is 74.3 Å². The fourth-order valence-corrected chi connectivity index (χ4v) is 3.16. The molecule has 144 valence electrons. The Balaban J connectivity index is 1.52. The zero-order chi connectivity index (χ0) is 19.2. The number of piperazine rings is 1. The van der Waals surface area contributed by atoms with E-state index in [0.717, 1.165) is 11.3 Å². The maximum Gasteiger partial charge on any atom is 0.317 e. The van der Waals surface area contributed by atoms with Gasteiger partial charge in [0.1, 0.15) is 5.75 Å². The minimum absolute atomic E-state index is 0.0956. The van der Waals surface area contributed by atoms with E-state index in [0.29, 0.717) is 44.2 Å². The minimum atomic E-state index is -0.0956. The van der Waals surface area contributed by atoms with Crippen molar-refractivity contribution in [1.29, 1.82) is 0 Å². The molecule has 7 nitrogen and oxygen atoms in total. The van der Waals surface area contributed by atoms with E-state index in [2.05, 4.69) is 10.2 Å². The van der Waals surface area contributed by atoms with E-state index < -0.39 is 0 Å². The summed E-state index contributed by atoms with van der Waals surface area (Å²) in [6, 6.07) is 12.8. The van der Waals surface area contributed by atoms with Crippen LogP contribution in [0.4, 0.5) is 10.5 Å². The highest BCUT2D eigenvalue weighted by Gasteiger charge is 2.22. The van der Waals surface area contributed by atoms with Crippen LogP contribution >= 0.6 is 0 Å². The number of benzene rings is 2. The number of hydrogen-bond acceptors (Lipinski definition) is 5. The van der Waals surface area contributed by atoms with Gasteiger partial charge >= 0.3 is 6.03 Å². The number of aromatic hydroxyl groups is 1. The van der Waals surface area contributed by atoms with Crippen LogP contribution in [0.25, 0.3) is 0 Å². The summed E-state index contributed by atoms with van der Waals surface area (Å²) < 4.78 is 10.5. The zero-order valence-corrected chi connectivity index (χ0v) is 15.6. The molecule has 1 fully saturated rings. The van der Waals surface area contributed by atoms with Crippen LogP contribution in [-0.4, -0.2) is 56.4 Å². The third-order valence-corrected chi connectivity index (χ3v) is 4.68. The predicted octanol–water partition coefficient (Wildman–Crippen LogP) is 2.44. The fraction of sp³-hybridized carbons (Fsp3) is 0.350. The molecule has 1 heterocycles. The number of phenolic OH excluding ortho intramolecular Hbond substituents is 1. The second kappa shape index (κ2) is 8.53. The summed E-state index contributed by atoms with van der Waals surface area (Å²) in [6.07, 6.45) is 0. The van der Waals surface area contributed by atoms with Crippen LogP contribution in [0, 0.1) is 0 Å². The van der Waals surface area contributed by atoms with E-state index in [1.807, 2.05) is 30.3 Å². The molecular formula is C20H25N3O4. The van der Waals surface area contributed by atoms with E-state index in [9.17, 15) is 9.90 Å². The maximum absolute atomic E-state index is 12.5. The Morgan fingerprint density at radius 2 is 1.74 bits per heavy atom. The number of methoxy groups -OCH3 is 2. The lowest BCUT2D eigenvalue weighted by molar-refractivity contribution is 0.194. The smallest absolute Gasteiger partial charge is 0.317 e. The number of carbonyl (C=O) groups is 1. The lowest BCUT2D eigenvalue weighted by atomic mass is 10.2. The van der Waals surface area contributed by atoms with Crippen LogP contribution in [0.5, 0.6) is 17.2 Å². The van der Waals surface area contributed by atoms with Gasteiger partial charge in [-0.1, -0.05) is 18.2 Å². The van der Waals surface area contributed by atoms with Crippen molar-refractivity contribution < 1.29 is 19.4 Å². The molecule has 1 aliphatic heterocycles. The third-order valence-electron chi connectivity index (χ3n) is 4.68. The first kappa shape index (κ1) is 18.7. The fourth-order valence-electron chi connectivity index (χ4n) is 3.16. The molecule has 2 N–H and O–H groups in total. The number of hydrogen-bond donors (Lipinski definition) is 2. The summed E-state index contributed by atoms with van der Waals surface area (Å²) in [6.45, 7) is 2.99. The zero-order valence-electron chi connectivity index (χ0n) is 15.6. The molecule has 0 aromatic heterocycles. The Morgan fingerprint density at radius 1 is 1.04 bits per heavy atom. The first-order valence-electron chi connectivity index (χ1n) is 8.89. The van der Waals surface area contributed by atoms with Crippen molar-refractivity contribution in [3.8, 4) is 17.2 Å². The quantitative estimate of drug-likeness (QED) is 0.845. The van der Waals surface area contributed by atoms with Crippen molar-refractivity contribution in [2.75, 3.05) is 45.3 Å². The average Bonchev–Trinajstić information content (AvgIpc) is 2.72. The van der Waals surface area contributed by atoms with Crippen LogP contribution in [0.15, 0.2) is 42.5 Å². The average molecular weight is 371 g/mol. The van der Waals surface area contributed by atoms with Crippen molar-refractivity contribution in [2.45, 2.75) is 6.54 Å². The Kier molecular flexibility index (Phi) is 5.90. The standard InChI is InChI=1S/C20H25N3O4/c1-26-18-8-7-15(13-19(18)27-2)14-21-20(25)23-11-9-22(10-12-23)16-5-3-4-6-17(16)24/h3-8,13,24H,9-12,14H2,1-2H3,(H,21,25). The summed E-state index contributed by atoms with van der Waals surface area (Å²) >= 11 is 0. The molecular weight excluding hydrogens is 346 g/mol. The van der Waals surface area contributed by atoms with Gasteiger partial charge in [0.2, 0.25) is 0 Å². The molecule has 1 saturated heterocycles. The maximum atomic E-state index is 12.5. The number of phenols is 1. The SMILES string of the molecule is COc1ccc(CNC(=O)N2CCN(c3ccccc3O)CC2)cc1OC. The summed E-state index contributed by atoms with van der Waals surface area (Å²) in [5, 5.41) is 12.9. The van der Waals surface area contributed by atoms with Gasteiger partial charge in [-0.15, -0.1) is 0 Å². The van der Waals surface area contributed by atoms with Gasteiger partial charge in [0.15, 0.2) is 11.5 Å². The van der Waals surface area contributed by atoms with E-state index >= 15 is 0 Å². The highest BCUT2D eigenvalue weighted by molar-refractivity contribution is 5.74. The van der Waals surface area contributed by atoms with Gasteiger partial charge in [-0.3, -0.25) is 0 Å². The monoisotopic (exact) mass is 371 g/mol. The lowest BCUT2D eigenvalue weighted by Crippen LogP contribution is -2.51. The van der Waals surface area contributed by atoms with E-state index in [1.54, 1.807) is 31.3 Å². The van der Waals surface area contributed by atoms with Gasteiger partial charge < -0.3 is 29.7 Å². The molecule has 0 spiro atoms. The van der Waals surface area contributed by atoms with Crippen LogP contribution < -0.4 is 19.7 Å². The van der Waals surface area contributed by atoms with Crippen LogP contribution in [0.1, 0.15) is 5.56 Å². The van der Waals surface area contributed by atoms with Crippen molar-refractivity contribution in [2.24, 2.45) is 0 Å². The number of urea groups is 1. The molecule has 27 heavy (non-hydrogen) atoms. The molecule has 0 bridgehead atoms. The molecule has 2 amide bonds. The highest BCUT2D eigenvalue weighted by Crippen LogP contribution is 2.28. The normalized spacial score (nSPS) is 14.0. The van der Waals surface area contributed by atoms with Crippen molar-refractivity contribution >= 4 is 11.7 Å². The molecule has 0 saturated carbocycles. The summed E-state index contributed by atoms with van der Waals surface area (Å²) in [7, 11) is 3.18.